The van der Waals surface area contributed by atoms with Gasteiger partial charge in [-0.05, 0) is 36.6 Å². The Hall–Kier alpha value is -0.390. The first-order valence-corrected chi connectivity index (χ1v) is 9.28. The van der Waals surface area contributed by atoms with Gasteiger partial charge in [-0.3, -0.25) is 0 Å². The Morgan fingerprint density at radius 2 is 1.89 bits per heavy atom. The Kier molecular flexibility index (Phi) is 4.38. The van der Waals surface area contributed by atoms with Crippen molar-refractivity contribution in [3.8, 4) is 0 Å². The van der Waals surface area contributed by atoms with E-state index < -0.39 is 9.84 Å². The third-order valence-electron chi connectivity index (χ3n) is 4.11. The van der Waals surface area contributed by atoms with Crippen LogP contribution >= 0.6 is 15.9 Å². The van der Waals surface area contributed by atoms with Crippen molar-refractivity contribution in [1.82, 2.24) is 0 Å². The molecule has 0 amide bonds. The lowest BCUT2D eigenvalue weighted by atomic mass is 9.69. The summed E-state index contributed by atoms with van der Waals surface area (Å²) < 4.78 is 24.9. The largest absolute Gasteiger partial charge is 0.330 e. The molecule has 5 heteroatoms. The maximum atomic E-state index is 12.0. The third kappa shape index (κ3) is 3.03. The van der Waals surface area contributed by atoms with Gasteiger partial charge in [-0.15, -0.1) is 0 Å². The molecule has 0 aliphatic heterocycles. The smallest absolute Gasteiger partial charge is 0.175 e. The molecule has 0 unspecified atom stereocenters. The molecule has 0 saturated heterocycles. The highest BCUT2D eigenvalue weighted by molar-refractivity contribution is 9.10. The summed E-state index contributed by atoms with van der Waals surface area (Å²) in [6, 6.07) is 5.42. The first kappa shape index (κ1) is 15.0. The number of sulfone groups is 1. The van der Waals surface area contributed by atoms with E-state index in [1.54, 1.807) is 12.1 Å². The lowest BCUT2D eigenvalue weighted by molar-refractivity contribution is 0.296. The van der Waals surface area contributed by atoms with Gasteiger partial charge in [0.1, 0.15) is 0 Å². The molecule has 0 atom stereocenters. The van der Waals surface area contributed by atoms with E-state index >= 15 is 0 Å². The Labute approximate surface area is 123 Å². The van der Waals surface area contributed by atoms with Gasteiger partial charge >= 0.3 is 0 Å². The van der Waals surface area contributed by atoms with Gasteiger partial charge in [0.15, 0.2) is 9.84 Å². The summed E-state index contributed by atoms with van der Waals surface area (Å²) in [5.74, 6) is 0. The number of rotatable bonds is 3. The van der Waals surface area contributed by atoms with Crippen molar-refractivity contribution >= 4 is 25.8 Å². The predicted molar refractivity (Wildman–Crippen MR) is 81.1 cm³/mol. The first-order chi connectivity index (χ1) is 8.89. The highest BCUT2D eigenvalue weighted by Gasteiger charge is 2.36. The molecule has 1 aliphatic carbocycles. The third-order valence-corrected chi connectivity index (χ3v) is 5.76. The van der Waals surface area contributed by atoms with E-state index in [9.17, 15) is 8.42 Å². The highest BCUT2D eigenvalue weighted by Crippen LogP contribution is 2.42. The zero-order valence-electron chi connectivity index (χ0n) is 11.2. The van der Waals surface area contributed by atoms with E-state index in [4.69, 9.17) is 5.73 Å². The standard InChI is InChI=1S/C14H20BrNO2S/c1-19(17,18)13-6-5-11(15)9-12(13)14(10-16)7-3-2-4-8-14/h5-6,9H,2-4,7-8,10,16H2,1H3. The Morgan fingerprint density at radius 1 is 1.26 bits per heavy atom. The van der Waals surface area contributed by atoms with Gasteiger partial charge in [0, 0.05) is 22.7 Å². The average molecular weight is 346 g/mol. The summed E-state index contributed by atoms with van der Waals surface area (Å²) in [5, 5.41) is 0. The second-order valence-corrected chi connectivity index (χ2v) is 8.36. The summed E-state index contributed by atoms with van der Waals surface area (Å²) in [7, 11) is -3.22. The number of benzene rings is 1. The molecule has 2 N–H and O–H groups in total. The van der Waals surface area contributed by atoms with Crippen molar-refractivity contribution in [3.63, 3.8) is 0 Å². The maximum Gasteiger partial charge on any atom is 0.175 e. The van der Waals surface area contributed by atoms with E-state index in [1.807, 2.05) is 6.07 Å². The van der Waals surface area contributed by atoms with Crippen LogP contribution in [-0.4, -0.2) is 21.2 Å². The molecule has 19 heavy (non-hydrogen) atoms. The average Bonchev–Trinajstić information content (AvgIpc) is 2.38. The molecule has 0 bridgehead atoms. The van der Waals surface area contributed by atoms with Crippen LogP contribution in [0.3, 0.4) is 0 Å². The van der Waals surface area contributed by atoms with Gasteiger partial charge in [0.05, 0.1) is 4.90 Å². The van der Waals surface area contributed by atoms with Crippen LogP contribution in [0, 0.1) is 0 Å². The van der Waals surface area contributed by atoms with Crippen molar-refractivity contribution in [2.24, 2.45) is 5.73 Å². The van der Waals surface area contributed by atoms with Gasteiger partial charge in [-0.25, -0.2) is 8.42 Å². The number of hydrogen-bond donors (Lipinski definition) is 1. The van der Waals surface area contributed by atoms with Crippen molar-refractivity contribution < 1.29 is 8.42 Å². The molecule has 2 rings (SSSR count). The lowest BCUT2D eigenvalue weighted by Crippen LogP contribution is -2.38. The van der Waals surface area contributed by atoms with Crippen LogP contribution in [0.4, 0.5) is 0 Å². The van der Waals surface area contributed by atoms with Crippen LogP contribution in [0.5, 0.6) is 0 Å². The Balaban J connectivity index is 2.62. The Bertz CT molecular complexity index is 563. The lowest BCUT2D eigenvalue weighted by Gasteiger charge is -2.38. The molecule has 0 radical (unpaired) electrons. The topological polar surface area (TPSA) is 60.2 Å². The number of nitrogens with two attached hydrogens (primary N) is 1. The molecule has 1 saturated carbocycles. The minimum absolute atomic E-state index is 0.180. The van der Waals surface area contributed by atoms with E-state index in [0.717, 1.165) is 35.7 Å². The minimum atomic E-state index is -3.22. The fraction of sp³-hybridized carbons (Fsp3) is 0.571. The normalized spacial score (nSPS) is 19.3. The summed E-state index contributed by atoms with van der Waals surface area (Å²) in [5.41, 5.74) is 6.74. The molecule has 1 fully saturated rings. The molecule has 106 valence electrons. The number of hydrogen-bond acceptors (Lipinski definition) is 3. The molecule has 1 aliphatic rings. The number of halogens is 1. The summed E-state index contributed by atoms with van der Waals surface area (Å²) in [6.45, 7) is 0.506. The Morgan fingerprint density at radius 3 is 2.42 bits per heavy atom. The second-order valence-electron chi connectivity index (χ2n) is 5.46. The van der Waals surface area contributed by atoms with Gasteiger partial charge in [-0.1, -0.05) is 35.2 Å². The first-order valence-electron chi connectivity index (χ1n) is 6.59. The molecule has 3 nitrogen and oxygen atoms in total. The van der Waals surface area contributed by atoms with E-state index in [-0.39, 0.29) is 5.41 Å². The molecule has 0 spiro atoms. The van der Waals surface area contributed by atoms with Gasteiger partial charge in [-0.2, -0.15) is 0 Å². The van der Waals surface area contributed by atoms with Crippen LogP contribution in [0.1, 0.15) is 37.7 Å². The quantitative estimate of drug-likeness (QED) is 0.915. The molecular formula is C14H20BrNO2S. The van der Waals surface area contributed by atoms with Crippen LogP contribution < -0.4 is 5.73 Å². The molecule has 0 heterocycles. The van der Waals surface area contributed by atoms with E-state index in [2.05, 4.69) is 15.9 Å². The summed E-state index contributed by atoms with van der Waals surface area (Å²) in [6.07, 6.45) is 6.67. The SMILES string of the molecule is CS(=O)(=O)c1ccc(Br)cc1C1(CN)CCCCC1. The van der Waals surface area contributed by atoms with Crippen LogP contribution in [0.25, 0.3) is 0 Å². The van der Waals surface area contributed by atoms with Gasteiger partial charge in [0.25, 0.3) is 0 Å². The maximum absolute atomic E-state index is 12.0. The van der Waals surface area contributed by atoms with Crippen molar-refractivity contribution in [3.05, 3.63) is 28.2 Å². The van der Waals surface area contributed by atoms with Gasteiger partial charge < -0.3 is 5.73 Å². The second kappa shape index (κ2) is 5.54. The monoisotopic (exact) mass is 345 g/mol. The van der Waals surface area contributed by atoms with E-state index in [0.29, 0.717) is 11.4 Å². The minimum Gasteiger partial charge on any atom is -0.330 e. The summed E-state index contributed by atoms with van der Waals surface area (Å²) in [4.78, 5) is 0.433. The van der Waals surface area contributed by atoms with Crippen LogP contribution in [0.2, 0.25) is 0 Å². The molecule has 0 aromatic heterocycles. The van der Waals surface area contributed by atoms with E-state index in [1.165, 1.54) is 12.7 Å². The summed E-state index contributed by atoms with van der Waals surface area (Å²) >= 11 is 3.45. The van der Waals surface area contributed by atoms with Crippen LogP contribution in [0.15, 0.2) is 27.6 Å². The zero-order valence-corrected chi connectivity index (χ0v) is 13.6. The molecular weight excluding hydrogens is 326 g/mol. The highest BCUT2D eigenvalue weighted by atomic mass is 79.9. The molecule has 1 aromatic carbocycles. The predicted octanol–water partition coefficient (Wildman–Crippen LogP) is 3.01. The molecule has 1 aromatic rings. The van der Waals surface area contributed by atoms with Crippen molar-refractivity contribution in [2.75, 3.05) is 12.8 Å². The fourth-order valence-electron chi connectivity index (χ4n) is 3.05. The fourth-order valence-corrected chi connectivity index (χ4v) is 4.40. The zero-order chi connectivity index (χ0) is 14.1. The van der Waals surface area contributed by atoms with Crippen LogP contribution in [-0.2, 0) is 15.3 Å². The van der Waals surface area contributed by atoms with Crippen molar-refractivity contribution in [1.29, 1.82) is 0 Å². The van der Waals surface area contributed by atoms with Gasteiger partial charge in [0.2, 0.25) is 0 Å². The van der Waals surface area contributed by atoms with Crippen molar-refractivity contribution in [2.45, 2.75) is 42.4 Å².